The van der Waals surface area contributed by atoms with Crippen molar-refractivity contribution in [1.29, 1.82) is 0 Å². The van der Waals surface area contributed by atoms with E-state index in [0.717, 1.165) is 54.8 Å². The summed E-state index contributed by atoms with van der Waals surface area (Å²) in [5.41, 5.74) is 3.96. The highest BCUT2D eigenvalue weighted by atomic mass is 32.1. The molecule has 4 heterocycles. The molecule has 1 amide bonds. The van der Waals surface area contributed by atoms with Gasteiger partial charge in [-0.05, 0) is 42.5 Å². The molecule has 0 atom stereocenters. The number of aromatic nitrogens is 1. The number of rotatable bonds is 2. The molecule has 4 nitrogen and oxygen atoms in total. The molecule has 1 fully saturated rings. The first-order valence-electron chi connectivity index (χ1n) is 9.14. The number of benzene rings is 1. The molecule has 2 aliphatic rings. The second-order valence-electron chi connectivity index (χ2n) is 7.28. The lowest BCUT2D eigenvalue weighted by molar-refractivity contribution is 0.0222. The van der Waals surface area contributed by atoms with Crippen molar-refractivity contribution in [1.82, 2.24) is 14.8 Å². The number of nitrogens with zero attached hydrogens (tertiary/aromatic N) is 3. The molecule has 0 radical (unpaired) electrons. The number of para-hydroxylation sites is 1. The number of amides is 1. The zero-order valence-corrected chi connectivity index (χ0v) is 15.6. The van der Waals surface area contributed by atoms with Crippen LogP contribution in [-0.2, 0) is 13.0 Å². The Kier molecular flexibility index (Phi) is 3.80. The van der Waals surface area contributed by atoms with Crippen molar-refractivity contribution in [2.75, 3.05) is 19.6 Å². The highest BCUT2D eigenvalue weighted by molar-refractivity contribution is 7.10. The third kappa shape index (κ3) is 2.63. The van der Waals surface area contributed by atoms with Gasteiger partial charge in [-0.15, -0.1) is 11.3 Å². The number of likely N-dealkylation sites (tertiary alicyclic amines) is 1. The topological polar surface area (TPSA) is 36.4 Å². The summed E-state index contributed by atoms with van der Waals surface area (Å²) in [6.07, 6.45) is 1.14. The Morgan fingerprint density at radius 2 is 2.08 bits per heavy atom. The number of hydrogen-bond acceptors (Lipinski definition) is 4. The number of thiophene rings is 1. The fraction of sp³-hybridized carbons (Fsp3) is 0.333. The van der Waals surface area contributed by atoms with Crippen LogP contribution < -0.4 is 0 Å². The maximum absolute atomic E-state index is 13.0. The van der Waals surface area contributed by atoms with Crippen molar-refractivity contribution in [2.45, 2.75) is 25.9 Å². The van der Waals surface area contributed by atoms with Gasteiger partial charge in [0.1, 0.15) is 0 Å². The van der Waals surface area contributed by atoms with Crippen LogP contribution in [0, 0.1) is 6.92 Å². The molecule has 5 rings (SSSR count). The fourth-order valence-corrected chi connectivity index (χ4v) is 4.91. The number of aryl methyl sites for hydroxylation is 1. The van der Waals surface area contributed by atoms with E-state index < -0.39 is 0 Å². The van der Waals surface area contributed by atoms with Crippen molar-refractivity contribution in [3.8, 4) is 0 Å². The van der Waals surface area contributed by atoms with Gasteiger partial charge < -0.3 is 4.90 Å². The third-order valence-electron chi connectivity index (χ3n) is 5.59. The summed E-state index contributed by atoms with van der Waals surface area (Å²) < 4.78 is 0. The first-order valence-corrected chi connectivity index (χ1v) is 10.0. The fourth-order valence-electron chi connectivity index (χ4n) is 4.02. The maximum atomic E-state index is 13.0. The highest BCUT2D eigenvalue weighted by Crippen LogP contribution is 2.29. The van der Waals surface area contributed by atoms with E-state index >= 15 is 0 Å². The molecule has 0 N–H and O–H groups in total. The summed E-state index contributed by atoms with van der Waals surface area (Å²) in [4.78, 5) is 23.6. The zero-order valence-electron chi connectivity index (χ0n) is 14.8. The van der Waals surface area contributed by atoms with Gasteiger partial charge in [0.05, 0.1) is 11.1 Å². The van der Waals surface area contributed by atoms with Gasteiger partial charge in [0, 0.05) is 48.2 Å². The molecule has 1 saturated heterocycles. The van der Waals surface area contributed by atoms with Gasteiger partial charge in [0.25, 0.3) is 5.91 Å². The largest absolute Gasteiger partial charge is 0.335 e. The Bertz CT molecular complexity index is 990. The lowest BCUT2D eigenvalue weighted by Gasteiger charge is -2.46. The van der Waals surface area contributed by atoms with E-state index in [9.17, 15) is 4.79 Å². The summed E-state index contributed by atoms with van der Waals surface area (Å²) in [5.74, 6) is 0.109. The molecule has 2 aliphatic heterocycles. The van der Waals surface area contributed by atoms with Gasteiger partial charge in [-0.1, -0.05) is 18.2 Å². The van der Waals surface area contributed by atoms with Crippen LogP contribution in [0.1, 0.15) is 26.5 Å². The molecule has 0 aliphatic carbocycles. The van der Waals surface area contributed by atoms with Crippen molar-refractivity contribution in [2.24, 2.45) is 0 Å². The average molecular weight is 363 g/mol. The molecule has 1 aromatic carbocycles. The minimum atomic E-state index is 0.109. The van der Waals surface area contributed by atoms with Gasteiger partial charge in [-0.3, -0.25) is 14.7 Å². The van der Waals surface area contributed by atoms with E-state index in [1.165, 1.54) is 10.4 Å². The molecule has 132 valence electrons. The molecule has 2 aromatic heterocycles. The summed E-state index contributed by atoms with van der Waals surface area (Å²) in [6, 6.07) is 12.6. The van der Waals surface area contributed by atoms with Crippen LogP contribution in [0.4, 0.5) is 0 Å². The molecule has 0 saturated carbocycles. The predicted molar refractivity (Wildman–Crippen MR) is 105 cm³/mol. The van der Waals surface area contributed by atoms with Gasteiger partial charge in [0.2, 0.25) is 0 Å². The third-order valence-corrected chi connectivity index (χ3v) is 6.62. The van der Waals surface area contributed by atoms with Crippen molar-refractivity contribution >= 4 is 28.1 Å². The number of pyridine rings is 1. The highest BCUT2D eigenvalue weighted by Gasteiger charge is 2.37. The minimum absolute atomic E-state index is 0.109. The second kappa shape index (κ2) is 6.18. The average Bonchev–Trinajstić information content (AvgIpc) is 3.07. The van der Waals surface area contributed by atoms with Gasteiger partial charge >= 0.3 is 0 Å². The van der Waals surface area contributed by atoms with E-state index in [2.05, 4.69) is 21.3 Å². The summed E-state index contributed by atoms with van der Waals surface area (Å²) in [6.45, 7) is 5.74. The molecule has 5 heteroatoms. The molecular formula is C21H21N3OS. The number of fused-ring (bicyclic) bond motifs is 2. The molecular weight excluding hydrogens is 342 g/mol. The van der Waals surface area contributed by atoms with E-state index in [4.69, 9.17) is 0 Å². The van der Waals surface area contributed by atoms with Crippen LogP contribution in [-0.4, -0.2) is 46.4 Å². The van der Waals surface area contributed by atoms with Crippen LogP contribution in [0.15, 0.2) is 41.8 Å². The van der Waals surface area contributed by atoms with Crippen LogP contribution >= 0.6 is 11.3 Å². The lowest BCUT2D eigenvalue weighted by atomic mass is 10.00. The smallest absolute Gasteiger partial charge is 0.256 e. The van der Waals surface area contributed by atoms with Crippen LogP contribution in [0.5, 0.6) is 0 Å². The maximum Gasteiger partial charge on any atom is 0.256 e. The summed E-state index contributed by atoms with van der Waals surface area (Å²) in [5, 5.41) is 3.22. The molecule has 0 spiro atoms. The van der Waals surface area contributed by atoms with Gasteiger partial charge in [-0.2, -0.15) is 0 Å². The standard InChI is InChI=1S/C21H21N3OS/c1-14-5-6-15-3-2-4-18(20(15)22-14)21(25)24-12-17(13-24)23-9-7-19-16(11-23)8-10-26-19/h2-6,8,10,17H,7,9,11-13H2,1H3. The Hall–Kier alpha value is -2.24. The van der Waals surface area contributed by atoms with E-state index in [0.29, 0.717) is 6.04 Å². The van der Waals surface area contributed by atoms with Gasteiger partial charge in [-0.25, -0.2) is 0 Å². The zero-order chi connectivity index (χ0) is 17.7. The summed E-state index contributed by atoms with van der Waals surface area (Å²) >= 11 is 1.87. The Morgan fingerprint density at radius 1 is 1.19 bits per heavy atom. The second-order valence-corrected chi connectivity index (χ2v) is 8.28. The first kappa shape index (κ1) is 16.0. The quantitative estimate of drug-likeness (QED) is 0.699. The Balaban J connectivity index is 1.31. The van der Waals surface area contributed by atoms with Crippen molar-refractivity contribution in [3.05, 3.63) is 63.5 Å². The SMILES string of the molecule is Cc1ccc2cccc(C(=O)N3CC(N4CCc5sccc5C4)C3)c2n1. The normalized spacial score (nSPS) is 18.0. The summed E-state index contributed by atoms with van der Waals surface area (Å²) in [7, 11) is 0. The van der Waals surface area contributed by atoms with Crippen molar-refractivity contribution in [3.63, 3.8) is 0 Å². The van der Waals surface area contributed by atoms with E-state index in [1.807, 2.05) is 53.5 Å². The Morgan fingerprint density at radius 3 is 2.96 bits per heavy atom. The Labute approximate surface area is 157 Å². The molecule has 3 aromatic rings. The van der Waals surface area contributed by atoms with Crippen LogP contribution in [0.3, 0.4) is 0 Å². The number of carbonyl (C=O) groups excluding carboxylic acids is 1. The first-order chi connectivity index (χ1) is 12.7. The van der Waals surface area contributed by atoms with E-state index in [-0.39, 0.29) is 5.91 Å². The van der Waals surface area contributed by atoms with Crippen molar-refractivity contribution < 1.29 is 4.79 Å². The predicted octanol–water partition coefficient (Wildman–Crippen LogP) is 3.49. The monoisotopic (exact) mass is 363 g/mol. The molecule has 26 heavy (non-hydrogen) atoms. The van der Waals surface area contributed by atoms with Gasteiger partial charge in [0.15, 0.2) is 0 Å². The lowest BCUT2D eigenvalue weighted by Crippen LogP contribution is -2.61. The molecule has 0 unspecified atom stereocenters. The number of hydrogen-bond donors (Lipinski definition) is 0. The van der Waals surface area contributed by atoms with Crippen LogP contribution in [0.25, 0.3) is 10.9 Å². The number of carbonyl (C=O) groups is 1. The minimum Gasteiger partial charge on any atom is -0.335 e. The molecule has 0 bridgehead atoms. The van der Waals surface area contributed by atoms with E-state index in [1.54, 1.807) is 0 Å². The van der Waals surface area contributed by atoms with Crippen LogP contribution in [0.2, 0.25) is 0 Å².